The monoisotopic (exact) mass is 331 g/mol. The molecule has 1 N–H and O–H groups in total. The van der Waals surface area contributed by atoms with Crippen LogP contribution in [0.15, 0.2) is 52.6 Å². The molecule has 0 amide bonds. The highest BCUT2D eigenvalue weighted by molar-refractivity contribution is 8.14. The number of halogens is 2. The molecule has 1 aliphatic heterocycles. The zero-order valence-corrected chi connectivity index (χ0v) is 13.3. The van der Waals surface area contributed by atoms with Crippen LogP contribution in [0.2, 0.25) is 0 Å². The van der Waals surface area contributed by atoms with E-state index in [2.05, 4.69) is 34.6 Å². The third kappa shape index (κ3) is 3.76. The van der Waals surface area contributed by atoms with E-state index < -0.39 is 11.6 Å². The Hall–Kier alpha value is -2.21. The summed E-state index contributed by atoms with van der Waals surface area (Å²) in [5.41, 5.74) is 6.16. The summed E-state index contributed by atoms with van der Waals surface area (Å²) >= 11 is 1.43. The largest absolute Gasteiger partial charge is 0.255 e. The Kier molecular flexibility index (Phi) is 4.71. The van der Waals surface area contributed by atoms with Crippen molar-refractivity contribution >= 4 is 28.3 Å². The minimum atomic E-state index is -0.690. The second-order valence-corrected chi connectivity index (χ2v) is 5.99. The van der Waals surface area contributed by atoms with Crippen molar-refractivity contribution in [3.05, 3.63) is 65.2 Å². The molecule has 1 aliphatic rings. The summed E-state index contributed by atoms with van der Waals surface area (Å²) in [4.78, 5) is 4.13. The average molecular weight is 331 g/mol. The molecular weight excluding hydrogens is 316 g/mol. The Bertz CT molecular complexity index is 770. The molecule has 2 aromatic rings. The summed E-state index contributed by atoms with van der Waals surface area (Å²) in [5.74, 6) is -0.670. The second-order valence-electron chi connectivity index (χ2n) is 5.02. The first kappa shape index (κ1) is 15.7. The van der Waals surface area contributed by atoms with Crippen molar-refractivity contribution < 1.29 is 8.78 Å². The van der Waals surface area contributed by atoms with Gasteiger partial charge in [0.2, 0.25) is 0 Å². The van der Waals surface area contributed by atoms with E-state index in [1.54, 1.807) is 0 Å². The molecule has 0 aliphatic carbocycles. The van der Waals surface area contributed by atoms with Gasteiger partial charge in [-0.3, -0.25) is 5.43 Å². The fourth-order valence-corrected chi connectivity index (χ4v) is 2.91. The first-order chi connectivity index (χ1) is 11.2. The van der Waals surface area contributed by atoms with Crippen molar-refractivity contribution in [1.29, 1.82) is 0 Å². The lowest BCUT2D eigenvalue weighted by molar-refractivity contribution is 0.585. The number of hydrazone groups is 1. The summed E-state index contributed by atoms with van der Waals surface area (Å²) in [6.45, 7) is 2.11. The third-order valence-corrected chi connectivity index (χ3v) is 4.33. The van der Waals surface area contributed by atoms with Crippen LogP contribution in [0, 0.1) is 11.6 Å². The third-order valence-electron chi connectivity index (χ3n) is 3.46. The van der Waals surface area contributed by atoms with E-state index in [4.69, 9.17) is 0 Å². The van der Waals surface area contributed by atoms with Crippen LogP contribution in [0.25, 0.3) is 0 Å². The Morgan fingerprint density at radius 3 is 2.57 bits per heavy atom. The van der Waals surface area contributed by atoms with Crippen LogP contribution in [0.1, 0.15) is 18.1 Å². The van der Waals surface area contributed by atoms with Crippen LogP contribution in [-0.2, 0) is 6.42 Å². The summed E-state index contributed by atoms with van der Waals surface area (Å²) in [6, 6.07) is 11.6. The predicted octanol–water partition coefficient (Wildman–Crippen LogP) is 4.26. The van der Waals surface area contributed by atoms with Gasteiger partial charge in [0.05, 0.1) is 5.71 Å². The van der Waals surface area contributed by atoms with Gasteiger partial charge in [-0.05, 0) is 29.7 Å². The smallest absolute Gasteiger partial charge is 0.182 e. The van der Waals surface area contributed by atoms with Crippen LogP contribution in [-0.4, -0.2) is 16.6 Å². The Labute approximate surface area is 137 Å². The van der Waals surface area contributed by atoms with Crippen molar-refractivity contribution in [2.24, 2.45) is 10.1 Å². The zero-order valence-electron chi connectivity index (χ0n) is 12.5. The summed E-state index contributed by atoms with van der Waals surface area (Å²) in [7, 11) is 0. The van der Waals surface area contributed by atoms with Gasteiger partial charge in [0.1, 0.15) is 11.5 Å². The number of nitrogens with zero attached hydrogens (tertiary/aromatic N) is 2. The van der Waals surface area contributed by atoms with E-state index in [1.165, 1.54) is 29.5 Å². The lowest BCUT2D eigenvalue weighted by Crippen LogP contribution is -2.25. The van der Waals surface area contributed by atoms with Crippen molar-refractivity contribution in [1.82, 2.24) is 5.43 Å². The molecule has 0 fully saturated rings. The Morgan fingerprint density at radius 2 is 1.96 bits per heavy atom. The number of amidine groups is 1. The van der Waals surface area contributed by atoms with Gasteiger partial charge in [0.15, 0.2) is 11.0 Å². The molecule has 6 heteroatoms. The lowest BCUT2D eigenvalue weighted by atomic mass is 10.1. The minimum absolute atomic E-state index is 0.0901. The van der Waals surface area contributed by atoms with E-state index in [-0.39, 0.29) is 5.69 Å². The highest BCUT2D eigenvalue weighted by Gasteiger charge is 2.14. The van der Waals surface area contributed by atoms with Crippen LogP contribution in [0.5, 0.6) is 0 Å². The quantitative estimate of drug-likeness (QED) is 0.912. The van der Waals surface area contributed by atoms with Crippen molar-refractivity contribution in [3.63, 3.8) is 0 Å². The van der Waals surface area contributed by atoms with Gasteiger partial charge in [-0.2, -0.15) is 5.10 Å². The number of nitrogens with one attached hydrogen (secondary N) is 1. The molecule has 0 radical (unpaired) electrons. The highest BCUT2D eigenvalue weighted by atomic mass is 32.2. The van der Waals surface area contributed by atoms with E-state index in [1.807, 2.05) is 12.1 Å². The molecule has 0 atom stereocenters. The molecule has 3 rings (SSSR count). The number of hydrogen-bond donors (Lipinski definition) is 1. The van der Waals surface area contributed by atoms with Gasteiger partial charge in [0.25, 0.3) is 0 Å². The van der Waals surface area contributed by atoms with Gasteiger partial charge >= 0.3 is 0 Å². The molecule has 2 aromatic carbocycles. The molecule has 118 valence electrons. The van der Waals surface area contributed by atoms with Crippen molar-refractivity contribution in [2.45, 2.75) is 13.3 Å². The SMILES string of the molecule is CCc1ccc(C2=NNC(=Nc3ccc(F)cc3F)SC2)cc1. The second kappa shape index (κ2) is 6.91. The van der Waals surface area contributed by atoms with Crippen LogP contribution in [0.3, 0.4) is 0 Å². The van der Waals surface area contributed by atoms with Gasteiger partial charge < -0.3 is 0 Å². The van der Waals surface area contributed by atoms with Gasteiger partial charge in [-0.25, -0.2) is 13.8 Å². The number of thioether (sulfide) groups is 1. The standard InChI is InChI=1S/C17H15F2N3S/c1-2-11-3-5-12(6-4-11)16-10-23-17(22-21-16)20-15-8-7-13(18)9-14(15)19/h3-9H,2,10H2,1H3,(H,20,22). The first-order valence-electron chi connectivity index (χ1n) is 7.24. The number of rotatable bonds is 3. The summed E-state index contributed by atoms with van der Waals surface area (Å²) in [5, 5.41) is 4.79. The minimum Gasteiger partial charge on any atom is -0.255 e. The topological polar surface area (TPSA) is 36.8 Å². The maximum Gasteiger partial charge on any atom is 0.182 e. The molecule has 0 saturated heterocycles. The zero-order chi connectivity index (χ0) is 16.2. The molecule has 0 bridgehead atoms. The molecule has 0 aromatic heterocycles. The predicted molar refractivity (Wildman–Crippen MR) is 91.4 cm³/mol. The van der Waals surface area contributed by atoms with Crippen LogP contribution in [0.4, 0.5) is 14.5 Å². The normalized spacial score (nSPS) is 16.1. The average Bonchev–Trinajstić information content (AvgIpc) is 2.58. The molecule has 1 heterocycles. The van der Waals surface area contributed by atoms with E-state index in [0.717, 1.165) is 23.8 Å². The fourth-order valence-electron chi connectivity index (χ4n) is 2.14. The number of aryl methyl sites for hydroxylation is 1. The molecule has 0 saturated carbocycles. The maximum absolute atomic E-state index is 13.6. The fraction of sp³-hybridized carbons (Fsp3) is 0.176. The Balaban J connectivity index is 1.75. The summed E-state index contributed by atoms with van der Waals surface area (Å²) in [6.07, 6.45) is 1.000. The molecule has 0 unspecified atom stereocenters. The highest BCUT2D eigenvalue weighted by Crippen LogP contribution is 2.22. The number of benzene rings is 2. The molecule has 0 spiro atoms. The van der Waals surface area contributed by atoms with Crippen LogP contribution < -0.4 is 5.43 Å². The lowest BCUT2D eigenvalue weighted by Gasteiger charge is -2.15. The number of hydrogen-bond acceptors (Lipinski definition) is 3. The first-order valence-corrected chi connectivity index (χ1v) is 8.22. The van der Waals surface area contributed by atoms with Gasteiger partial charge in [0, 0.05) is 11.8 Å². The maximum atomic E-state index is 13.6. The molecule has 3 nitrogen and oxygen atoms in total. The molecule has 23 heavy (non-hydrogen) atoms. The van der Waals surface area contributed by atoms with E-state index in [0.29, 0.717) is 10.9 Å². The number of aliphatic imine (C=N–C) groups is 1. The van der Waals surface area contributed by atoms with Gasteiger partial charge in [-0.1, -0.05) is 43.0 Å². The summed E-state index contributed by atoms with van der Waals surface area (Å²) < 4.78 is 26.5. The van der Waals surface area contributed by atoms with Gasteiger partial charge in [-0.15, -0.1) is 0 Å². The van der Waals surface area contributed by atoms with E-state index in [9.17, 15) is 8.78 Å². The van der Waals surface area contributed by atoms with Crippen molar-refractivity contribution in [2.75, 3.05) is 5.75 Å². The van der Waals surface area contributed by atoms with E-state index >= 15 is 0 Å². The molecular formula is C17H15F2N3S. The Morgan fingerprint density at radius 1 is 1.17 bits per heavy atom. The van der Waals surface area contributed by atoms with Crippen molar-refractivity contribution in [3.8, 4) is 0 Å². The van der Waals surface area contributed by atoms with Crippen LogP contribution >= 0.6 is 11.8 Å².